The highest BCUT2D eigenvalue weighted by Gasteiger charge is 2.22. The van der Waals surface area contributed by atoms with E-state index >= 15 is 0 Å². The maximum absolute atomic E-state index is 12.6. The van der Waals surface area contributed by atoms with Crippen LogP contribution in [0, 0.1) is 5.92 Å². The molecule has 1 aliphatic heterocycles. The molecule has 3 aromatic rings. The Morgan fingerprint density at radius 2 is 2.10 bits per heavy atom. The van der Waals surface area contributed by atoms with Crippen molar-refractivity contribution >= 4 is 27.3 Å². The van der Waals surface area contributed by atoms with Gasteiger partial charge in [-0.2, -0.15) is 0 Å². The number of carbonyl (C=O) groups excluding carboxylic acids is 1. The molecule has 158 valence electrons. The number of rotatable bonds is 8. The molecule has 0 bridgehead atoms. The quantitative estimate of drug-likeness (QED) is 0.514. The number of likely N-dealkylation sites (N-methyl/N-ethyl adjacent to an activating group) is 1. The Labute approximate surface area is 183 Å². The van der Waals surface area contributed by atoms with Gasteiger partial charge in [0.05, 0.1) is 0 Å². The average Bonchev–Trinajstić information content (AvgIpc) is 3.19. The van der Waals surface area contributed by atoms with Crippen LogP contribution in [-0.4, -0.2) is 47.4 Å². The Hall–Kier alpha value is -2.24. The predicted molar refractivity (Wildman–Crippen MR) is 125 cm³/mol. The fraction of sp³-hybridized carbons (Fsp3) is 0.440. The molecule has 2 aromatic heterocycles. The van der Waals surface area contributed by atoms with Crippen molar-refractivity contribution in [2.45, 2.75) is 38.6 Å². The summed E-state index contributed by atoms with van der Waals surface area (Å²) in [6.07, 6.45) is 6.75. The predicted octanol–water partition coefficient (Wildman–Crippen LogP) is 4.99. The lowest BCUT2D eigenvalue weighted by molar-refractivity contribution is -0.130. The Morgan fingerprint density at radius 3 is 2.93 bits per heavy atom. The molecule has 1 aliphatic rings. The molecule has 30 heavy (non-hydrogen) atoms. The number of aromatic nitrogens is 1. The zero-order valence-corrected chi connectivity index (χ0v) is 18.6. The maximum Gasteiger partial charge on any atom is 0.222 e. The van der Waals surface area contributed by atoms with Gasteiger partial charge in [-0.1, -0.05) is 24.3 Å². The third-order valence-corrected chi connectivity index (χ3v) is 7.18. The van der Waals surface area contributed by atoms with E-state index in [-0.39, 0.29) is 5.91 Å². The fourth-order valence-corrected chi connectivity index (χ4v) is 5.44. The number of nitrogens with zero attached hydrogens (tertiary/aromatic N) is 3. The highest BCUT2D eigenvalue weighted by molar-refractivity contribution is 7.19. The van der Waals surface area contributed by atoms with E-state index in [0.29, 0.717) is 12.3 Å². The second-order valence-electron chi connectivity index (χ2n) is 8.42. The van der Waals surface area contributed by atoms with Crippen molar-refractivity contribution in [3.05, 3.63) is 65.3 Å². The molecule has 1 amide bonds. The molecule has 1 atom stereocenters. The SMILES string of the molecule is CN(CCc1ccccn1)C(=O)CCC1CCCN(Cc2cc3ccccc3s2)C1. The second kappa shape index (κ2) is 10.2. The lowest BCUT2D eigenvalue weighted by Gasteiger charge is -2.32. The first-order chi connectivity index (χ1) is 14.7. The number of thiophene rings is 1. The number of likely N-dealkylation sites (tertiary alicyclic amines) is 1. The zero-order valence-electron chi connectivity index (χ0n) is 17.8. The van der Waals surface area contributed by atoms with Crippen molar-refractivity contribution in [3.63, 3.8) is 0 Å². The smallest absolute Gasteiger partial charge is 0.222 e. The fourth-order valence-electron chi connectivity index (χ4n) is 4.34. The van der Waals surface area contributed by atoms with Gasteiger partial charge >= 0.3 is 0 Å². The first kappa shape index (κ1) is 21.0. The molecule has 0 N–H and O–H groups in total. The molecule has 0 aliphatic carbocycles. The number of fused-ring (bicyclic) bond motifs is 1. The van der Waals surface area contributed by atoms with Crippen LogP contribution in [-0.2, 0) is 17.8 Å². The van der Waals surface area contributed by atoms with Crippen LogP contribution < -0.4 is 0 Å². The summed E-state index contributed by atoms with van der Waals surface area (Å²) >= 11 is 1.91. The van der Waals surface area contributed by atoms with Crippen LogP contribution in [0.3, 0.4) is 0 Å². The van der Waals surface area contributed by atoms with Crippen molar-refractivity contribution in [2.75, 3.05) is 26.7 Å². The summed E-state index contributed by atoms with van der Waals surface area (Å²) in [7, 11) is 1.92. The Balaban J connectivity index is 1.22. The summed E-state index contributed by atoms with van der Waals surface area (Å²) in [5.74, 6) is 0.883. The van der Waals surface area contributed by atoms with Gasteiger partial charge < -0.3 is 4.90 Å². The normalized spacial score (nSPS) is 17.3. The van der Waals surface area contributed by atoms with E-state index in [1.165, 1.54) is 34.3 Å². The summed E-state index contributed by atoms with van der Waals surface area (Å²) in [6.45, 7) is 4.05. The Kier molecular flexibility index (Phi) is 7.13. The number of benzene rings is 1. The summed E-state index contributed by atoms with van der Waals surface area (Å²) in [4.78, 5) is 22.8. The van der Waals surface area contributed by atoms with Gasteiger partial charge in [-0.3, -0.25) is 14.7 Å². The molecule has 0 spiro atoms. The van der Waals surface area contributed by atoms with Gasteiger partial charge in [0.25, 0.3) is 0 Å². The molecular formula is C25H31N3OS. The summed E-state index contributed by atoms with van der Waals surface area (Å²) in [5.41, 5.74) is 1.04. The van der Waals surface area contributed by atoms with Gasteiger partial charge in [0, 0.05) is 61.0 Å². The van der Waals surface area contributed by atoms with Crippen molar-refractivity contribution in [1.82, 2.24) is 14.8 Å². The van der Waals surface area contributed by atoms with Gasteiger partial charge in [0.1, 0.15) is 0 Å². The van der Waals surface area contributed by atoms with Crippen molar-refractivity contribution in [2.24, 2.45) is 5.92 Å². The van der Waals surface area contributed by atoms with E-state index in [0.717, 1.165) is 38.2 Å². The monoisotopic (exact) mass is 421 g/mol. The summed E-state index contributed by atoms with van der Waals surface area (Å²) in [5, 5.41) is 1.35. The highest BCUT2D eigenvalue weighted by atomic mass is 32.1. The molecule has 5 heteroatoms. The number of carbonyl (C=O) groups is 1. The van der Waals surface area contributed by atoms with E-state index in [1.54, 1.807) is 0 Å². The molecule has 3 heterocycles. The average molecular weight is 422 g/mol. The van der Waals surface area contributed by atoms with Crippen LogP contribution >= 0.6 is 11.3 Å². The second-order valence-corrected chi connectivity index (χ2v) is 9.59. The van der Waals surface area contributed by atoms with Crippen LogP contribution in [0.1, 0.15) is 36.3 Å². The molecule has 1 unspecified atom stereocenters. The van der Waals surface area contributed by atoms with Gasteiger partial charge in [0.15, 0.2) is 0 Å². The van der Waals surface area contributed by atoms with Gasteiger partial charge in [0.2, 0.25) is 5.91 Å². The van der Waals surface area contributed by atoms with Crippen LogP contribution in [0.5, 0.6) is 0 Å². The van der Waals surface area contributed by atoms with E-state index in [9.17, 15) is 4.79 Å². The minimum atomic E-state index is 0.257. The number of hydrogen-bond acceptors (Lipinski definition) is 4. The third-order valence-electron chi connectivity index (χ3n) is 6.08. The van der Waals surface area contributed by atoms with Crippen LogP contribution in [0.25, 0.3) is 10.1 Å². The number of pyridine rings is 1. The largest absolute Gasteiger partial charge is 0.345 e. The summed E-state index contributed by atoms with van der Waals surface area (Å²) < 4.78 is 1.38. The van der Waals surface area contributed by atoms with Gasteiger partial charge in [-0.05, 0) is 61.4 Å². The molecule has 1 aromatic carbocycles. The standard InChI is InChI=1S/C25H31N3OS/c1-27(16-13-22-9-4-5-14-26-22)25(29)12-11-20-7-6-15-28(18-20)19-23-17-21-8-2-3-10-24(21)30-23/h2-5,8-10,14,17,20H,6-7,11-13,15-16,18-19H2,1H3. The third kappa shape index (κ3) is 5.67. The van der Waals surface area contributed by atoms with E-state index < -0.39 is 0 Å². The first-order valence-electron chi connectivity index (χ1n) is 11.0. The van der Waals surface area contributed by atoms with E-state index in [1.807, 2.05) is 47.7 Å². The van der Waals surface area contributed by atoms with Crippen molar-refractivity contribution < 1.29 is 4.79 Å². The van der Waals surface area contributed by atoms with Crippen molar-refractivity contribution in [3.8, 4) is 0 Å². The molecule has 1 fully saturated rings. The molecule has 4 rings (SSSR count). The zero-order chi connectivity index (χ0) is 20.8. The number of piperidine rings is 1. The molecular weight excluding hydrogens is 390 g/mol. The number of amides is 1. The lowest BCUT2D eigenvalue weighted by Crippen LogP contribution is -2.35. The van der Waals surface area contributed by atoms with Crippen LogP contribution in [0.4, 0.5) is 0 Å². The van der Waals surface area contributed by atoms with E-state index in [4.69, 9.17) is 0 Å². The lowest BCUT2D eigenvalue weighted by atomic mass is 9.93. The van der Waals surface area contributed by atoms with Crippen LogP contribution in [0.15, 0.2) is 54.7 Å². The molecule has 1 saturated heterocycles. The molecule has 4 nitrogen and oxygen atoms in total. The maximum atomic E-state index is 12.6. The topological polar surface area (TPSA) is 36.4 Å². The highest BCUT2D eigenvalue weighted by Crippen LogP contribution is 2.28. The molecule has 0 saturated carbocycles. The Bertz CT molecular complexity index is 922. The van der Waals surface area contributed by atoms with Crippen molar-refractivity contribution in [1.29, 1.82) is 0 Å². The van der Waals surface area contributed by atoms with Gasteiger partial charge in [-0.15, -0.1) is 11.3 Å². The number of hydrogen-bond donors (Lipinski definition) is 0. The van der Waals surface area contributed by atoms with Crippen LogP contribution in [0.2, 0.25) is 0 Å². The minimum Gasteiger partial charge on any atom is -0.345 e. The molecule has 0 radical (unpaired) electrons. The summed E-state index contributed by atoms with van der Waals surface area (Å²) in [6, 6.07) is 16.9. The minimum absolute atomic E-state index is 0.257. The Morgan fingerprint density at radius 1 is 1.23 bits per heavy atom. The van der Waals surface area contributed by atoms with Gasteiger partial charge in [-0.25, -0.2) is 0 Å². The first-order valence-corrected chi connectivity index (χ1v) is 11.8. The van der Waals surface area contributed by atoms with E-state index in [2.05, 4.69) is 40.2 Å².